The highest BCUT2D eigenvalue weighted by atomic mass is 79.9. The zero-order valence-corrected chi connectivity index (χ0v) is 15.6. The number of hydrogen-bond donors (Lipinski definition) is 0. The van der Waals surface area contributed by atoms with Crippen LogP contribution < -0.4 is 4.90 Å². The zero-order chi connectivity index (χ0) is 17.9. The number of carbonyl (C=O) groups is 1. The third-order valence-corrected chi connectivity index (χ3v) is 4.97. The summed E-state index contributed by atoms with van der Waals surface area (Å²) in [5.41, 5.74) is 2.45. The SMILES string of the molecule is O=C(c1cc(Br)ccc1-n1cnnn1)N1CCN(c2ccccc2)CC1. The van der Waals surface area contributed by atoms with Crippen LogP contribution in [0.25, 0.3) is 5.69 Å². The number of piperazine rings is 1. The largest absolute Gasteiger partial charge is 0.368 e. The summed E-state index contributed by atoms with van der Waals surface area (Å²) in [7, 11) is 0. The second kappa shape index (κ2) is 7.25. The Labute approximate surface area is 159 Å². The van der Waals surface area contributed by atoms with Gasteiger partial charge in [-0.15, -0.1) is 5.10 Å². The summed E-state index contributed by atoms with van der Waals surface area (Å²) >= 11 is 3.45. The van der Waals surface area contributed by atoms with Crippen LogP contribution in [0.4, 0.5) is 5.69 Å². The molecule has 7 nitrogen and oxygen atoms in total. The maximum Gasteiger partial charge on any atom is 0.256 e. The van der Waals surface area contributed by atoms with E-state index >= 15 is 0 Å². The number of nitrogens with zero attached hydrogens (tertiary/aromatic N) is 6. The van der Waals surface area contributed by atoms with Gasteiger partial charge in [-0.2, -0.15) is 4.68 Å². The van der Waals surface area contributed by atoms with Crippen LogP contribution in [0.1, 0.15) is 10.4 Å². The van der Waals surface area contributed by atoms with Crippen molar-refractivity contribution in [3.05, 3.63) is 64.9 Å². The maximum absolute atomic E-state index is 13.1. The summed E-state index contributed by atoms with van der Waals surface area (Å²) in [4.78, 5) is 17.3. The van der Waals surface area contributed by atoms with Gasteiger partial charge in [0, 0.05) is 36.3 Å². The van der Waals surface area contributed by atoms with Crippen LogP contribution in [0.5, 0.6) is 0 Å². The Bertz CT molecular complexity index is 891. The van der Waals surface area contributed by atoms with Crippen molar-refractivity contribution in [2.45, 2.75) is 0 Å². The molecule has 4 rings (SSSR count). The van der Waals surface area contributed by atoms with Gasteiger partial charge in [0.25, 0.3) is 5.91 Å². The van der Waals surface area contributed by atoms with Crippen molar-refractivity contribution in [1.82, 2.24) is 25.1 Å². The lowest BCUT2D eigenvalue weighted by molar-refractivity contribution is 0.0746. The number of aromatic nitrogens is 4. The molecule has 0 radical (unpaired) electrons. The van der Waals surface area contributed by atoms with Gasteiger partial charge >= 0.3 is 0 Å². The van der Waals surface area contributed by atoms with Gasteiger partial charge < -0.3 is 9.80 Å². The van der Waals surface area contributed by atoms with Crippen LogP contribution in [0, 0.1) is 0 Å². The molecule has 3 aromatic rings. The molecule has 1 saturated heterocycles. The Morgan fingerprint density at radius 3 is 2.46 bits per heavy atom. The van der Waals surface area contributed by atoms with Crippen molar-refractivity contribution >= 4 is 27.5 Å². The second-order valence-electron chi connectivity index (χ2n) is 6.03. The Hall–Kier alpha value is -2.74. The molecule has 0 bridgehead atoms. The normalized spacial score (nSPS) is 14.5. The van der Waals surface area contributed by atoms with Crippen LogP contribution in [0.2, 0.25) is 0 Å². The van der Waals surface area contributed by atoms with E-state index in [0.29, 0.717) is 24.3 Å². The molecule has 1 aromatic heterocycles. The molecule has 0 saturated carbocycles. The summed E-state index contributed by atoms with van der Waals surface area (Å²) in [6, 6.07) is 15.8. The van der Waals surface area contributed by atoms with E-state index in [1.54, 1.807) is 0 Å². The van der Waals surface area contributed by atoms with Crippen molar-refractivity contribution in [2.24, 2.45) is 0 Å². The van der Waals surface area contributed by atoms with Gasteiger partial charge in [-0.3, -0.25) is 4.79 Å². The van der Waals surface area contributed by atoms with Gasteiger partial charge in [-0.1, -0.05) is 34.1 Å². The molecule has 0 unspecified atom stereocenters. The van der Waals surface area contributed by atoms with Crippen molar-refractivity contribution in [1.29, 1.82) is 0 Å². The van der Waals surface area contributed by atoms with E-state index in [0.717, 1.165) is 17.6 Å². The van der Waals surface area contributed by atoms with Gasteiger partial charge in [0.1, 0.15) is 6.33 Å². The number of carbonyl (C=O) groups excluding carboxylic acids is 1. The Kier molecular flexibility index (Phi) is 4.66. The topological polar surface area (TPSA) is 67.2 Å². The van der Waals surface area contributed by atoms with Gasteiger partial charge in [-0.05, 0) is 40.8 Å². The van der Waals surface area contributed by atoms with Crippen molar-refractivity contribution in [3.8, 4) is 5.69 Å². The molecular weight excluding hydrogens is 396 g/mol. The molecule has 1 amide bonds. The Balaban J connectivity index is 1.53. The standard InChI is InChI=1S/C18H17BrN6O/c19-14-6-7-17(25-13-20-21-22-25)16(12-14)18(26)24-10-8-23(9-11-24)15-4-2-1-3-5-15/h1-7,12-13H,8-11H2. The molecule has 8 heteroatoms. The predicted molar refractivity (Wildman–Crippen MR) is 101 cm³/mol. The molecule has 2 heterocycles. The van der Waals surface area contributed by atoms with E-state index in [9.17, 15) is 4.79 Å². The first-order valence-electron chi connectivity index (χ1n) is 8.34. The summed E-state index contributed by atoms with van der Waals surface area (Å²) in [5.74, 6) is -0.00971. The maximum atomic E-state index is 13.1. The van der Waals surface area contributed by atoms with Gasteiger partial charge in [0.05, 0.1) is 11.3 Å². The van der Waals surface area contributed by atoms with E-state index in [-0.39, 0.29) is 5.91 Å². The monoisotopic (exact) mass is 412 g/mol. The van der Waals surface area contributed by atoms with E-state index in [2.05, 4.69) is 48.5 Å². The predicted octanol–water partition coefficient (Wildman–Crippen LogP) is 2.39. The smallest absolute Gasteiger partial charge is 0.256 e. The minimum Gasteiger partial charge on any atom is -0.368 e. The van der Waals surface area contributed by atoms with E-state index in [1.165, 1.54) is 16.7 Å². The molecular formula is C18H17BrN6O. The quantitative estimate of drug-likeness (QED) is 0.660. The molecule has 1 aliphatic heterocycles. The molecule has 0 atom stereocenters. The Morgan fingerprint density at radius 2 is 1.77 bits per heavy atom. The molecule has 2 aromatic carbocycles. The molecule has 1 aliphatic rings. The zero-order valence-electron chi connectivity index (χ0n) is 14.0. The minimum atomic E-state index is -0.00971. The second-order valence-corrected chi connectivity index (χ2v) is 6.95. The highest BCUT2D eigenvalue weighted by Gasteiger charge is 2.25. The summed E-state index contributed by atoms with van der Waals surface area (Å²) in [5, 5.41) is 11.3. The molecule has 0 aliphatic carbocycles. The summed E-state index contributed by atoms with van der Waals surface area (Å²) in [6.45, 7) is 2.97. The van der Waals surface area contributed by atoms with E-state index in [1.807, 2.05) is 41.3 Å². The summed E-state index contributed by atoms with van der Waals surface area (Å²) in [6.07, 6.45) is 1.49. The lowest BCUT2D eigenvalue weighted by Gasteiger charge is -2.36. The van der Waals surface area contributed by atoms with Crippen LogP contribution in [-0.2, 0) is 0 Å². The average Bonchev–Trinajstić information content (AvgIpc) is 3.23. The Morgan fingerprint density at radius 1 is 1.00 bits per heavy atom. The number of rotatable bonds is 3. The molecule has 0 N–H and O–H groups in total. The lowest BCUT2D eigenvalue weighted by Crippen LogP contribution is -2.49. The fraction of sp³-hybridized carbons (Fsp3) is 0.222. The van der Waals surface area contributed by atoms with Gasteiger partial charge in [0.15, 0.2) is 0 Å². The molecule has 1 fully saturated rings. The van der Waals surface area contributed by atoms with Crippen LogP contribution in [-0.4, -0.2) is 57.2 Å². The fourth-order valence-electron chi connectivity index (χ4n) is 3.13. The number of hydrogen-bond acceptors (Lipinski definition) is 5. The highest BCUT2D eigenvalue weighted by molar-refractivity contribution is 9.10. The van der Waals surface area contributed by atoms with E-state index in [4.69, 9.17) is 0 Å². The van der Waals surface area contributed by atoms with Crippen molar-refractivity contribution in [2.75, 3.05) is 31.1 Å². The first kappa shape index (κ1) is 16.7. The average molecular weight is 413 g/mol. The first-order valence-corrected chi connectivity index (χ1v) is 9.14. The first-order chi connectivity index (χ1) is 12.7. The van der Waals surface area contributed by atoms with Crippen molar-refractivity contribution < 1.29 is 4.79 Å². The number of amides is 1. The highest BCUT2D eigenvalue weighted by Crippen LogP contribution is 2.22. The minimum absolute atomic E-state index is 0.00971. The number of anilines is 1. The van der Waals surface area contributed by atoms with Crippen molar-refractivity contribution in [3.63, 3.8) is 0 Å². The molecule has 132 valence electrons. The van der Waals surface area contributed by atoms with Gasteiger partial charge in [-0.25, -0.2) is 0 Å². The third-order valence-electron chi connectivity index (χ3n) is 4.47. The summed E-state index contributed by atoms with van der Waals surface area (Å²) < 4.78 is 2.36. The van der Waals surface area contributed by atoms with E-state index < -0.39 is 0 Å². The number of tetrazole rings is 1. The molecule has 26 heavy (non-hydrogen) atoms. The lowest BCUT2D eigenvalue weighted by atomic mass is 10.1. The fourth-order valence-corrected chi connectivity index (χ4v) is 3.49. The third kappa shape index (κ3) is 3.32. The van der Waals surface area contributed by atoms with Crippen LogP contribution in [0.15, 0.2) is 59.3 Å². The van der Waals surface area contributed by atoms with Crippen LogP contribution >= 0.6 is 15.9 Å². The number of benzene rings is 2. The van der Waals surface area contributed by atoms with Gasteiger partial charge in [0.2, 0.25) is 0 Å². The number of halogens is 1. The number of para-hydroxylation sites is 1. The molecule has 0 spiro atoms. The van der Waals surface area contributed by atoms with Crippen LogP contribution in [0.3, 0.4) is 0 Å².